The minimum Gasteiger partial charge on any atom is -0.481 e. The molecule has 0 aromatic carbocycles. The number of carboxylic acid groups (broad SMARTS) is 3. The fourth-order valence-corrected chi connectivity index (χ4v) is 0.714. The first kappa shape index (κ1) is 20.5. The summed E-state index contributed by atoms with van der Waals surface area (Å²) in [7, 11) is 0. The van der Waals surface area contributed by atoms with Crippen LogP contribution in [0, 0.1) is 0 Å². The normalized spacial score (nSPS) is 9.40. The van der Waals surface area contributed by atoms with Crippen LogP contribution in [0.5, 0.6) is 0 Å². The third-order valence-corrected chi connectivity index (χ3v) is 1.29. The Morgan fingerprint density at radius 1 is 0.933 bits per heavy atom. The average molecular weight is 518 g/mol. The van der Waals surface area contributed by atoms with Crippen LogP contribution >= 0.6 is 0 Å². The van der Waals surface area contributed by atoms with Crippen molar-refractivity contribution in [3.63, 3.8) is 0 Å². The zero-order chi connectivity index (χ0) is 10.6. The molecule has 0 amide bonds. The maximum Gasteiger partial charge on any atom is 0.336 e. The van der Waals surface area contributed by atoms with Crippen LogP contribution in [0.4, 0.5) is 0 Å². The molecule has 7 nitrogen and oxygen atoms in total. The molecule has 82 valence electrons. The van der Waals surface area contributed by atoms with Crippen LogP contribution in [-0.4, -0.2) is 95.1 Å². The number of carboxylic acids is 3. The Hall–Kier alpha value is 0.0908. The van der Waals surface area contributed by atoms with Gasteiger partial charge in [0, 0.05) is 51.2 Å². The molecule has 0 aromatic heterocycles. The van der Waals surface area contributed by atoms with Crippen LogP contribution in [0.1, 0.15) is 12.8 Å². The Bertz CT molecular complexity index is 238. The summed E-state index contributed by atoms with van der Waals surface area (Å²) in [5, 5.41) is 33.8. The average Bonchev–Trinajstić information content (AvgIpc) is 1.82. The van der Waals surface area contributed by atoms with E-state index in [0.29, 0.717) is 0 Å². The number of rotatable bonds is 5. The molecule has 15 heavy (non-hydrogen) atoms. The summed E-state index contributed by atoms with van der Waals surface area (Å²) in [4.78, 5) is 30.5. The second kappa shape index (κ2) is 8.27. The SMILES string of the molecule is O=C(O)CC(O)(CC(=O)O)C(=O)O.[Pb].[Sn]. The number of hydrogen-bond donors (Lipinski definition) is 4. The number of hydrogen-bond acceptors (Lipinski definition) is 4. The molecule has 0 atom stereocenters. The van der Waals surface area contributed by atoms with Gasteiger partial charge in [-0.2, -0.15) is 0 Å². The predicted molar refractivity (Wildman–Crippen MR) is 48.6 cm³/mol. The predicted octanol–water partition coefficient (Wildman–Crippen LogP) is -2.01. The number of carbonyl (C=O) groups is 3. The molecule has 0 aliphatic rings. The van der Waals surface area contributed by atoms with Gasteiger partial charge in [0.15, 0.2) is 5.60 Å². The third kappa shape index (κ3) is 7.96. The van der Waals surface area contributed by atoms with E-state index in [1.165, 1.54) is 0 Å². The van der Waals surface area contributed by atoms with Crippen LogP contribution < -0.4 is 0 Å². The Kier molecular flexibility index (Phi) is 11.3. The second-order valence-corrected chi connectivity index (χ2v) is 2.48. The third-order valence-electron chi connectivity index (χ3n) is 1.29. The van der Waals surface area contributed by atoms with Crippen LogP contribution in [0.25, 0.3) is 0 Å². The van der Waals surface area contributed by atoms with Gasteiger partial charge in [-0.05, 0) is 0 Å². The van der Waals surface area contributed by atoms with E-state index >= 15 is 0 Å². The van der Waals surface area contributed by atoms with E-state index in [1.807, 2.05) is 0 Å². The molecule has 4 N–H and O–H groups in total. The molecule has 0 rings (SSSR count). The van der Waals surface area contributed by atoms with E-state index in [2.05, 4.69) is 0 Å². The molecule has 0 spiro atoms. The summed E-state index contributed by atoms with van der Waals surface area (Å²) in [5.74, 6) is -5.02. The zero-order valence-electron chi connectivity index (χ0n) is 7.43. The first-order valence-corrected chi connectivity index (χ1v) is 3.17. The van der Waals surface area contributed by atoms with Crippen molar-refractivity contribution in [2.45, 2.75) is 18.4 Å². The molecule has 8 radical (unpaired) electrons. The van der Waals surface area contributed by atoms with Crippen LogP contribution in [0.15, 0.2) is 0 Å². The Labute approximate surface area is 122 Å². The molecule has 0 heterocycles. The van der Waals surface area contributed by atoms with Gasteiger partial charge < -0.3 is 20.4 Å². The van der Waals surface area contributed by atoms with Crippen LogP contribution in [0.2, 0.25) is 0 Å². The van der Waals surface area contributed by atoms with Gasteiger partial charge in [0.2, 0.25) is 0 Å². The van der Waals surface area contributed by atoms with Gasteiger partial charge in [-0.1, -0.05) is 0 Å². The van der Waals surface area contributed by atoms with Crippen molar-refractivity contribution in [2.24, 2.45) is 0 Å². The summed E-state index contributed by atoms with van der Waals surface area (Å²) < 4.78 is 0. The van der Waals surface area contributed by atoms with Crippen molar-refractivity contribution in [2.75, 3.05) is 0 Å². The molecule has 0 fully saturated rings. The molecule has 0 unspecified atom stereocenters. The summed E-state index contributed by atoms with van der Waals surface area (Å²) >= 11 is 0. The summed E-state index contributed by atoms with van der Waals surface area (Å²) in [6.45, 7) is 0. The molecule has 0 aliphatic carbocycles. The van der Waals surface area contributed by atoms with Crippen molar-refractivity contribution < 1.29 is 34.8 Å². The van der Waals surface area contributed by atoms with Gasteiger partial charge >= 0.3 is 17.9 Å². The number of aliphatic carboxylic acids is 3. The van der Waals surface area contributed by atoms with E-state index in [1.54, 1.807) is 0 Å². The Morgan fingerprint density at radius 2 is 1.20 bits per heavy atom. The minimum atomic E-state index is -2.74. The molecule has 0 saturated carbocycles. The van der Waals surface area contributed by atoms with Crippen molar-refractivity contribution in [1.82, 2.24) is 0 Å². The van der Waals surface area contributed by atoms with Gasteiger partial charge in [0.05, 0.1) is 12.8 Å². The van der Waals surface area contributed by atoms with E-state index in [-0.39, 0.29) is 51.2 Å². The molecule has 0 aromatic rings. The maximum atomic E-state index is 10.3. The molecule has 0 aliphatic heterocycles. The zero-order valence-corrected chi connectivity index (χ0v) is 14.2. The summed E-state index contributed by atoms with van der Waals surface area (Å²) in [5.41, 5.74) is -2.74. The second-order valence-electron chi connectivity index (χ2n) is 2.48. The van der Waals surface area contributed by atoms with Crippen molar-refractivity contribution in [3.05, 3.63) is 0 Å². The molecular formula is C6H8O7PbSn. The van der Waals surface area contributed by atoms with E-state index < -0.39 is 36.4 Å². The molecule has 9 heteroatoms. The van der Waals surface area contributed by atoms with E-state index in [4.69, 9.17) is 20.4 Å². The summed E-state index contributed by atoms with van der Waals surface area (Å²) in [6, 6.07) is 0. The van der Waals surface area contributed by atoms with E-state index in [0.717, 1.165) is 0 Å². The maximum absolute atomic E-state index is 10.3. The molecular weight excluding hydrogens is 510 g/mol. The Balaban J connectivity index is -0.000000720. The van der Waals surface area contributed by atoms with Gasteiger partial charge in [-0.3, -0.25) is 9.59 Å². The smallest absolute Gasteiger partial charge is 0.336 e. The number of aliphatic hydroxyl groups is 1. The van der Waals surface area contributed by atoms with Crippen LogP contribution in [-0.2, 0) is 14.4 Å². The van der Waals surface area contributed by atoms with Crippen molar-refractivity contribution in [1.29, 1.82) is 0 Å². The first-order valence-electron chi connectivity index (χ1n) is 3.17. The van der Waals surface area contributed by atoms with Gasteiger partial charge in [-0.25, -0.2) is 4.79 Å². The topological polar surface area (TPSA) is 132 Å². The fourth-order valence-electron chi connectivity index (χ4n) is 0.714. The van der Waals surface area contributed by atoms with Gasteiger partial charge in [-0.15, -0.1) is 0 Å². The first-order chi connectivity index (χ1) is 5.78. The molecule has 0 saturated heterocycles. The minimum absolute atomic E-state index is 0. The quantitative estimate of drug-likeness (QED) is 0.310. The Morgan fingerprint density at radius 3 is 1.33 bits per heavy atom. The van der Waals surface area contributed by atoms with Crippen molar-refractivity contribution in [3.8, 4) is 0 Å². The monoisotopic (exact) mass is 520 g/mol. The fraction of sp³-hybridized carbons (Fsp3) is 0.500. The van der Waals surface area contributed by atoms with E-state index in [9.17, 15) is 14.4 Å². The van der Waals surface area contributed by atoms with Gasteiger partial charge in [0.1, 0.15) is 0 Å². The molecule has 0 bridgehead atoms. The largest absolute Gasteiger partial charge is 0.481 e. The standard InChI is InChI=1S/C6H8O7.Pb.Sn/c7-3(8)1-6(13,5(11)12)2-4(9)10;;/h13H,1-2H2,(H,7,8)(H,9,10)(H,11,12);;. The van der Waals surface area contributed by atoms with Crippen LogP contribution in [0.3, 0.4) is 0 Å². The summed E-state index contributed by atoms with van der Waals surface area (Å²) in [6.07, 6.45) is -2.29. The van der Waals surface area contributed by atoms with Gasteiger partial charge in [0.25, 0.3) is 0 Å². The van der Waals surface area contributed by atoms with Crippen molar-refractivity contribution >= 4 is 69.1 Å².